The van der Waals surface area contributed by atoms with Gasteiger partial charge >= 0.3 is 24.2 Å². The fraction of sp³-hybridized carbons (Fsp3) is 0.333. The van der Waals surface area contributed by atoms with Crippen LogP contribution in [0.15, 0.2) is 33.9 Å². The predicted molar refractivity (Wildman–Crippen MR) is 76.5 cm³/mol. The largest absolute Gasteiger partial charge is 0.431 e. The second kappa shape index (κ2) is 6.71. The molecule has 0 unspecified atom stereocenters. The fourth-order valence-corrected chi connectivity index (χ4v) is 2.38. The van der Waals surface area contributed by atoms with E-state index in [0.29, 0.717) is 7.05 Å². The van der Waals surface area contributed by atoms with Gasteiger partial charge in [0.15, 0.2) is 0 Å². The Kier molecular flexibility index (Phi) is 5.17. The molecule has 0 radical (unpaired) electrons. The molecule has 28 heavy (non-hydrogen) atoms. The molecule has 4 nitrogen and oxygen atoms in total. The Bertz CT molecular complexity index is 978. The molecular formula is C15H9F9N2O2. The molecule has 0 bridgehead atoms. The van der Waals surface area contributed by atoms with Crippen molar-refractivity contribution in [1.29, 1.82) is 0 Å². The van der Waals surface area contributed by atoms with E-state index in [-0.39, 0.29) is 33.4 Å². The van der Waals surface area contributed by atoms with Gasteiger partial charge in [-0.25, -0.2) is 4.79 Å². The van der Waals surface area contributed by atoms with Crippen LogP contribution in [0.2, 0.25) is 0 Å². The van der Waals surface area contributed by atoms with E-state index in [1.807, 2.05) is 0 Å². The molecule has 0 aliphatic heterocycles. The van der Waals surface area contributed by atoms with E-state index >= 15 is 0 Å². The van der Waals surface area contributed by atoms with Gasteiger partial charge in [0.1, 0.15) is 5.69 Å². The molecule has 13 heteroatoms. The Morgan fingerprint density at radius 2 is 1.21 bits per heavy atom. The summed E-state index contributed by atoms with van der Waals surface area (Å²) in [7, 11) is 0.661. The van der Waals surface area contributed by atoms with E-state index in [1.165, 1.54) is 0 Å². The molecule has 0 fully saturated rings. The summed E-state index contributed by atoms with van der Waals surface area (Å²) in [5.74, 6) is 0. The van der Waals surface area contributed by atoms with Crippen LogP contribution >= 0.6 is 0 Å². The summed E-state index contributed by atoms with van der Waals surface area (Å²) >= 11 is 0. The van der Waals surface area contributed by atoms with E-state index in [0.717, 1.165) is 0 Å². The van der Waals surface area contributed by atoms with Crippen molar-refractivity contribution in [1.82, 2.24) is 9.13 Å². The zero-order valence-electron chi connectivity index (χ0n) is 13.6. The van der Waals surface area contributed by atoms with Gasteiger partial charge in [-0.05, 0) is 23.8 Å². The number of halogens is 9. The Balaban J connectivity index is 2.65. The summed E-state index contributed by atoms with van der Waals surface area (Å²) < 4.78 is 116. The van der Waals surface area contributed by atoms with Crippen LogP contribution in [0.1, 0.15) is 22.4 Å². The van der Waals surface area contributed by atoms with Gasteiger partial charge in [0, 0.05) is 13.1 Å². The van der Waals surface area contributed by atoms with Crippen LogP contribution in [0, 0.1) is 0 Å². The minimum atomic E-state index is -5.16. The summed E-state index contributed by atoms with van der Waals surface area (Å²) in [6.45, 7) is -1.09. The van der Waals surface area contributed by atoms with Crippen LogP contribution in [0.5, 0.6) is 0 Å². The standard InChI is InChI=1S/C15H9F9N2O2/c1-25-10(15(22,23)24)5-11(27)26(12(25)28)6-7-2-8(13(16,17)18)4-9(3-7)14(19,20)21/h2-5H,6H2,1H3. The average Bonchev–Trinajstić information content (AvgIpc) is 2.52. The van der Waals surface area contributed by atoms with Gasteiger partial charge < -0.3 is 0 Å². The van der Waals surface area contributed by atoms with Crippen LogP contribution < -0.4 is 11.2 Å². The van der Waals surface area contributed by atoms with Crippen LogP contribution in [-0.2, 0) is 32.1 Å². The molecule has 0 aliphatic rings. The maximum atomic E-state index is 12.9. The normalized spacial score (nSPS) is 13.1. The minimum Gasteiger partial charge on any atom is -0.292 e. The highest BCUT2D eigenvalue weighted by Crippen LogP contribution is 2.36. The monoisotopic (exact) mass is 420 g/mol. The number of nitrogens with zero attached hydrogens (tertiary/aromatic N) is 2. The van der Waals surface area contributed by atoms with Crippen molar-refractivity contribution in [2.24, 2.45) is 7.05 Å². The second-order valence-corrected chi connectivity index (χ2v) is 5.71. The fourth-order valence-electron chi connectivity index (χ4n) is 2.38. The first kappa shape index (κ1) is 21.6. The van der Waals surface area contributed by atoms with E-state index < -0.39 is 58.7 Å². The summed E-state index contributed by atoms with van der Waals surface area (Å²) in [5, 5.41) is 0. The molecule has 1 aromatic carbocycles. The summed E-state index contributed by atoms with van der Waals surface area (Å²) in [6, 6.07) is 0.425. The Morgan fingerprint density at radius 1 is 0.750 bits per heavy atom. The van der Waals surface area contributed by atoms with Crippen LogP contribution in [0.4, 0.5) is 39.5 Å². The molecule has 0 atom stereocenters. The Labute approximate surface area is 149 Å². The Hall–Kier alpha value is -2.73. The minimum absolute atomic E-state index is 0.0275. The molecule has 154 valence electrons. The summed E-state index contributed by atoms with van der Waals surface area (Å²) in [5.41, 5.74) is -8.80. The maximum Gasteiger partial charge on any atom is 0.431 e. The zero-order valence-corrected chi connectivity index (χ0v) is 13.6. The number of aromatic nitrogens is 2. The second-order valence-electron chi connectivity index (χ2n) is 5.71. The lowest BCUT2D eigenvalue weighted by Crippen LogP contribution is -2.41. The number of hydrogen-bond acceptors (Lipinski definition) is 2. The third-order valence-corrected chi connectivity index (χ3v) is 3.68. The van der Waals surface area contributed by atoms with E-state index in [2.05, 4.69) is 0 Å². The zero-order chi connectivity index (χ0) is 21.7. The highest BCUT2D eigenvalue weighted by molar-refractivity contribution is 5.34. The number of hydrogen-bond donors (Lipinski definition) is 0. The highest BCUT2D eigenvalue weighted by Gasteiger charge is 2.37. The SMILES string of the molecule is Cn1c(C(F)(F)F)cc(=O)n(Cc2cc(C(F)(F)F)cc(C(F)(F)F)c2)c1=O. The van der Waals surface area contributed by atoms with Gasteiger partial charge in [-0.1, -0.05) is 0 Å². The number of alkyl halides is 9. The first-order valence-electron chi connectivity index (χ1n) is 7.18. The van der Waals surface area contributed by atoms with Crippen molar-refractivity contribution in [3.63, 3.8) is 0 Å². The van der Waals surface area contributed by atoms with Crippen molar-refractivity contribution in [2.45, 2.75) is 25.1 Å². The topological polar surface area (TPSA) is 44.0 Å². The molecule has 0 spiro atoms. The lowest BCUT2D eigenvalue weighted by Gasteiger charge is -2.16. The van der Waals surface area contributed by atoms with Gasteiger partial charge in [-0.2, -0.15) is 39.5 Å². The molecule has 0 saturated heterocycles. The van der Waals surface area contributed by atoms with E-state index in [4.69, 9.17) is 0 Å². The van der Waals surface area contributed by atoms with Crippen molar-refractivity contribution < 1.29 is 39.5 Å². The predicted octanol–water partition coefficient (Wildman–Crippen LogP) is 3.65. The van der Waals surface area contributed by atoms with Crippen molar-refractivity contribution in [2.75, 3.05) is 0 Å². The quantitative estimate of drug-likeness (QED) is 0.697. The van der Waals surface area contributed by atoms with Gasteiger partial charge in [0.2, 0.25) is 0 Å². The van der Waals surface area contributed by atoms with E-state index in [9.17, 15) is 49.1 Å². The molecule has 0 saturated carbocycles. The summed E-state index contributed by atoms with van der Waals surface area (Å²) in [4.78, 5) is 23.8. The molecule has 0 aliphatic carbocycles. The van der Waals surface area contributed by atoms with Gasteiger partial charge in [-0.3, -0.25) is 13.9 Å². The lowest BCUT2D eigenvalue weighted by atomic mass is 10.0. The smallest absolute Gasteiger partial charge is 0.292 e. The number of rotatable bonds is 2. The van der Waals surface area contributed by atoms with Crippen molar-refractivity contribution >= 4 is 0 Å². The molecule has 0 amide bonds. The average molecular weight is 420 g/mol. The third-order valence-electron chi connectivity index (χ3n) is 3.68. The molecular weight excluding hydrogens is 411 g/mol. The maximum absolute atomic E-state index is 12.9. The first-order valence-corrected chi connectivity index (χ1v) is 7.18. The third kappa shape index (κ3) is 4.39. The molecule has 2 aromatic rings. The Morgan fingerprint density at radius 3 is 1.61 bits per heavy atom. The number of benzene rings is 1. The van der Waals surface area contributed by atoms with Crippen LogP contribution in [-0.4, -0.2) is 9.13 Å². The molecule has 0 N–H and O–H groups in total. The van der Waals surface area contributed by atoms with Crippen molar-refractivity contribution in [3.05, 3.63) is 67.5 Å². The van der Waals surface area contributed by atoms with Crippen LogP contribution in [0.25, 0.3) is 0 Å². The van der Waals surface area contributed by atoms with Crippen LogP contribution in [0.3, 0.4) is 0 Å². The highest BCUT2D eigenvalue weighted by atomic mass is 19.4. The van der Waals surface area contributed by atoms with E-state index in [1.54, 1.807) is 0 Å². The van der Waals surface area contributed by atoms with Gasteiger partial charge in [0.05, 0.1) is 17.7 Å². The van der Waals surface area contributed by atoms with Gasteiger partial charge in [0.25, 0.3) is 5.56 Å². The molecule has 1 aromatic heterocycles. The molecule has 1 heterocycles. The molecule has 2 rings (SSSR count). The lowest BCUT2D eigenvalue weighted by molar-refractivity contribution is -0.145. The first-order chi connectivity index (χ1) is 12.5. The summed E-state index contributed by atoms with van der Waals surface area (Å²) in [6.07, 6.45) is -15.4. The van der Waals surface area contributed by atoms with Crippen molar-refractivity contribution in [3.8, 4) is 0 Å². The van der Waals surface area contributed by atoms with Gasteiger partial charge in [-0.15, -0.1) is 0 Å².